The second-order valence-corrected chi connectivity index (χ2v) is 5.69. The molecule has 0 atom stereocenters. The molecule has 0 spiro atoms. The van der Waals surface area contributed by atoms with Gasteiger partial charge in [-0.2, -0.15) is 5.10 Å². The number of rotatable bonds is 4. The third-order valence-corrected chi connectivity index (χ3v) is 3.64. The van der Waals surface area contributed by atoms with Crippen molar-refractivity contribution in [3.8, 4) is 0 Å². The Morgan fingerprint density at radius 3 is 2.77 bits per heavy atom. The van der Waals surface area contributed by atoms with Gasteiger partial charge >= 0.3 is 0 Å². The zero-order chi connectivity index (χ0) is 15.9. The van der Waals surface area contributed by atoms with Crippen molar-refractivity contribution >= 4 is 46.2 Å². The summed E-state index contributed by atoms with van der Waals surface area (Å²) in [6.07, 6.45) is 1.72. The second kappa shape index (κ2) is 8.08. The SMILES string of the molecule is C/C(=N\NC(=S)NCc1ccc(Cl)cc1Cl)c1ccccn1. The van der Waals surface area contributed by atoms with Crippen LogP contribution in [0.5, 0.6) is 0 Å². The van der Waals surface area contributed by atoms with Crippen molar-refractivity contribution in [3.05, 3.63) is 63.9 Å². The lowest BCUT2D eigenvalue weighted by molar-refractivity contribution is 0.866. The van der Waals surface area contributed by atoms with Gasteiger partial charge in [-0.3, -0.25) is 10.4 Å². The lowest BCUT2D eigenvalue weighted by Crippen LogP contribution is -2.32. The van der Waals surface area contributed by atoms with Crippen LogP contribution < -0.4 is 10.7 Å². The van der Waals surface area contributed by atoms with E-state index < -0.39 is 0 Å². The van der Waals surface area contributed by atoms with Crippen LogP contribution in [0.25, 0.3) is 0 Å². The van der Waals surface area contributed by atoms with E-state index in [1.165, 1.54) is 0 Å². The van der Waals surface area contributed by atoms with Crippen molar-refractivity contribution in [2.45, 2.75) is 13.5 Å². The standard InChI is InChI=1S/C15H14Cl2N4S/c1-10(14-4-2-3-7-18-14)20-21-15(22)19-9-11-5-6-12(16)8-13(11)17/h2-8H,9H2,1H3,(H2,19,21,22)/b20-10+. The Kier molecular flexibility index (Phi) is 6.12. The van der Waals surface area contributed by atoms with Crippen LogP contribution in [-0.4, -0.2) is 15.8 Å². The average molecular weight is 353 g/mol. The van der Waals surface area contributed by atoms with Gasteiger partial charge in [0.05, 0.1) is 11.4 Å². The molecule has 0 fully saturated rings. The maximum Gasteiger partial charge on any atom is 0.187 e. The molecule has 0 saturated carbocycles. The van der Waals surface area contributed by atoms with Crippen LogP contribution in [0.2, 0.25) is 10.0 Å². The molecule has 2 aromatic rings. The molecule has 7 heteroatoms. The number of halogens is 2. The Balaban J connectivity index is 1.88. The molecule has 0 unspecified atom stereocenters. The number of hydrogen-bond acceptors (Lipinski definition) is 3. The van der Waals surface area contributed by atoms with E-state index in [4.69, 9.17) is 35.4 Å². The van der Waals surface area contributed by atoms with Gasteiger partial charge in [-0.25, -0.2) is 0 Å². The molecule has 22 heavy (non-hydrogen) atoms. The van der Waals surface area contributed by atoms with Gasteiger partial charge in [0, 0.05) is 22.8 Å². The molecule has 0 saturated heterocycles. The van der Waals surface area contributed by atoms with Crippen molar-refractivity contribution < 1.29 is 0 Å². The van der Waals surface area contributed by atoms with Gasteiger partial charge in [-0.1, -0.05) is 35.3 Å². The molecular weight excluding hydrogens is 339 g/mol. The summed E-state index contributed by atoms with van der Waals surface area (Å²) in [4.78, 5) is 4.21. The highest BCUT2D eigenvalue weighted by Gasteiger charge is 2.03. The number of nitrogens with zero attached hydrogens (tertiary/aromatic N) is 2. The number of hydrogen-bond donors (Lipinski definition) is 2. The first-order valence-corrected chi connectivity index (χ1v) is 7.66. The molecule has 0 aliphatic heterocycles. The predicted octanol–water partition coefficient (Wildman–Crippen LogP) is 3.78. The number of thiocarbonyl (C=S) groups is 1. The van der Waals surface area contributed by atoms with Gasteiger partial charge in [-0.15, -0.1) is 0 Å². The first-order chi connectivity index (χ1) is 10.6. The highest BCUT2D eigenvalue weighted by Crippen LogP contribution is 2.20. The molecule has 1 aromatic heterocycles. The number of hydrazone groups is 1. The van der Waals surface area contributed by atoms with E-state index in [-0.39, 0.29) is 0 Å². The van der Waals surface area contributed by atoms with Crippen LogP contribution in [0.3, 0.4) is 0 Å². The van der Waals surface area contributed by atoms with Crippen LogP contribution in [0.1, 0.15) is 18.2 Å². The van der Waals surface area contributed by atoms with E-state index in [2.05, 4.69) is 20.8 Å². The van der Waals surface area contributed by atoms with Crippen molar-refractivity contribution in [2.24, 2.45) is 5.10 Å². The second-order valence-electron chi connectivity index (χ2n) is 4.44. The summed E-state index contributed by atoms with van der Waals surface area (Å²) in [5.41, 5.74) is 5.22. The molecule has 2 rings (SSSR count). The summed E-state index contributed by atoms with van der Waals surface area (Å²) in [5, 5.41) is 8.82. The Labute approximate surface area is 144 Å². The fraction of sp³-hybridized carbons (Fsp3) is 0.133. The number of benzene rings is 1. The molecule has 0 aliphatic rings. The fourth-order valence-electron chi connectivity index (χ4n) is 1.65. The van der Waals surface area contributed by atoms with Crippen molar-refractivity contribution in [3.63, 3.8) is 0 Å². The fourth-order valence-corrected chi connectivity index (χ4v) is 2.24. The zero-order valence-electron chi connectivity index (χ0n) is 11.8. The summed E-state index contributed by atoms with van der Waals surface area (Å²) < 4.78 is 0. The van der Waals surface area contributed by atoms with Crippen LogP contribution in [0.15, 0.2) is 47.7 Å². The van der Waals surface area contributed by atoms with Crippen LogP contribution in [-0.2, 0) is 6.54 Å². The third kappa shape index (κ3) is 4.94. The monoisotopic (exact) mass is 352 g/mol. The molecule has 2 N–H and O–H groups in total. The molecule has 0 amide bonds. The minimum Gasteiger partial charge on any atom is -0.357 e. The maximum absolute atomic E-state index is 6.10. The quantitative estimate of drug-likeness (QED) is 0.499. The largest absolute Gasteiger partial charge is 0.357 e. The Morgan fingerprint density at radius 2 is 2.09 bits per heavy atom. The molecule has 114 valence electrons. The zero-order valence-corrected chi connectivity index (χ0v) is 14.1. The number of nitrogens with one attached hydrogen (secondary N) is 2. The molecule has 0 aliphatic carbocycles. The van der Waals surface area contributed by atoms with Crippen LogP contribution in [0, 0.1) is 0 Å². The maximum atomic E-state index is 6.10. The first kappa shape index (κ1) is 16.7. The van der Waals surface area contributed by atoms with Crippen LogP contribution >= 0.6 is 35.4 Å². The van der Waals surface area contributed by atoms with Gasteiger partial charge in [0.15, 0.2) is 5.11 Å². The van der Waals surface area contributed by atoms with Crippen molar-refractivity contribution in [1.29, 1.82) is 0 Å². The molecule has 1 aromatic carbocycles. The summed E-state index contributed by atoms with van der Waals surface area (Å²) >= 11 is 17.1. The van der Waals surface area contributed by atoms with Gasteiger partial charge in [0.1, 0.15) is 0 Å². The molecule has 1 heterocycles. The summed E-state index contributed by atoms with van der Waals surface area (Å²) in [7, 11) is 0. The number of aromatic nitrogens is 1. The minimum atomic E-state index is 0.404. The van der Waals surface area contributed by atoms with Crippen molar-refractivity contribution in [1.82, 2.24) is 15.7 Å². The smallest absolute Gasteiger partial charge is 0.187 e. The molecular formula is C15H14Cl2N4S. The van der Waals surface area contributed by atoms with Crippen molar-refractivity contribution in [2.75, 3.05) is 0 Å². The Morgan fingerprint density at radius 1 is 1.27 bits per heavy atom. The molecule has 0 bridgehead atoms. The highest BCUT2D eigenvalue weighted by molar-refractivity contribution is 7.80. The topological polar surface area (TPSA) is 49.3 Å². The van der Waals surface area contributed by atoms with Gasteiger partial charge in [0.25, 0.3) is 0 Å². The lowest BCUT2D eigenvalue weighted by atomic mass is 10.2. The third-order valence-electron chi connectivity index (χ3n) is 2.82. The van der Waals surface area contributed by atoms with E-state index in [9.17, 15) is 0 Å². The number of pyridine rings is 1. The van der Waals surface area contributed by atoms with E-state index >= 15 is 0 Å². The van der Waals surface area contributed by atoms with E-state index in [1.807, 2.05) is 31.2 Å². The van der Waals surface area contributed by atoms with E-state index in [0.29, 0.717) is 21.7 Å². The van der Waals surface area contributed by atoms with Gasteiger partial charge in [-0.05, 0) is 49.0 Å². The Hall–Kier alpha value is -1.69. The predicted molar refractivity (Wildman–Crippen MR) is 95.5 cm³/mol. The van der Waals surface area contributed by atoms with Crippen LogP contribution in [0.4, 0.5) is 0 Å². The normalized spacial score (nSPS) is 11.1. The van der Waals surface area contributed by atoms with Gasteiger partial charge in [0.2, 0.25) is 0 Å². The molecule has 0 radical (unpaired) electrons. The van der Waals surface area contributed by atoms with E-state index in [0.717, 1.165) is 17.0 Å². The average Bonchev–Trinajstić information content (AvgIpc) is 2.52. The summed E-state index contributed by atoms with van der Waals surface area (Å²) in [5.74, 6) is 0. The van der Waals surface area contributed by atoms with E-state index in [1.54, 1.807) is 18.3 Å². The summed E-state index contributed by atoms with van der Waals surface area (Å²) in [6, 6.07) is 11.0. The Bertz CT molecular complexity index is 689. The lowest BCUT2D eigenvalue weighted by Gasteiger charge is -2.09. The first-order valence-electron chi connectivity index (χ1n) is 6.49. The highest BCUT2D eigenvalue weighted by atomic mass is 35.5. The van der Waals surface area contributed by atoms with Gasteiger partial charge < -0.3 is 5.32 Å². The minimum absolute atomic E-state index is 0.404. The summed E-state index contributed by atoms with van der Waals surface area (Å²) in [6.45, 7) is 2.34. The molecule has 4 nitrogen and oxygen atoms in total.